The fraction of sp³-hybridized carbons (Fsp3) is 0.0968. The Kier molecular flexibility index (Phi) is 3.89. The first kappa shape index (κ1) is 19.2. The summed E-state index contributed by atoms with van der Waals surface area (Å²) in [5.74, 6) is 0.731. The number of benzene rings is 4. The van der Waals surface area contributed by atoms with Crippen LogP contribution in [0.4, 0.5) is 0 Å². The normalized spacial score (nSPS) is 13.8. The van der Waals surface area contributed by atoms with Gasteiger partial charge in [-0.3, -0.25) is 0 Å². The van der Waals surface area contributed by atoms with Gasteiger partial charge in [0.2, 0.25) is 0 Å². The third-order valence-corrected chi connectivity index (χ3v) is 7.08. The molecule has 0 amide bonds. The zero-order valence-electron chi connectivity index (χ0n) is 19.0. The molecule has 2 heterocycles. The van der Waals surface area contributed by atoms with Gasteiger partial charge in [0.05, 0.1) is 11.4 Å². The summed E-state index contributed by atoms with van der Waals surface area (Å²) < 4.78 is 6.43. The van der Waals surface area contributed by atoms with E-state index in [-0.39, 0.29) is 5.41 Å². The van der Waals surface area contributed by atoms with Gasteiger partial charge in [-0.1, -0.05) is 98.8 Å². The molecule has 34 heavy (non-hydrogen) atoms. The Morgan fingerprint density at radius 1 is 0.618 bits per heavy atom. The molecule has 0 bridgehead atoms. The molecule has 0 saturated carbocycles. The molecule has 7 rings (SSSR count). The van der Waals surface area contributed by atoms with Crippen molar-refractivity contribution in [3.05, 3.63) is 108 Å². The lowest BCUT2D eigenvalue weighted by molar-refractivity contribution is 0.655. The van der Waals surface area contributed by atoms with Gasteiger partial charge in [0, 0.05) is 38.4 Å². The Morgan fingerprint density at radius 2 is 1.26 bits per heavy atom. The number of hydrogen-bond donors (Lipinski definition) is 0. The second-order valence-electron chi connectivity index (χ2n) is 9.44. The third-order valence-electron chi connectivity index (χ3n) is 7.08. The third kappa shape index (κ3) is 2.58. The molecule has 2 aromatic heterocycles. The SMILES string of the molecule is CC1(C)c2ccccc2-c2nc(-c3ccccc3)nc(-c3cccc4c3oc3ccccc34)c21. The highest BCUT2D eigenvalue weighted by Gasteiger charge is 2.40. The highest BCUT2D eigenvalue weighted by molar-refractivity contribution is 6.10. The number of furan rings is 1. The summed E-state index contributed by atoms with van der Waals surface area (Å²) in [6.07, 6.45) is 0. The number of hydrogen-bond acceptors (Lipinski definition) is 3. The maximum absolute atomic E-state index is 6.43. The van der Waals surface area contributed by atoms with Crippen molar-refractivity contribution >= 4 is 21.9 Å². The van der Waals surface area contributed by atoms with E-state index in [1.54, 1.807) is 0 Å². The molecule has 0 fully saturated rings. The molecule has 4 aromatic carbocycles. The van der Waals surface area contributed by atoms with E-state index < -0.39 is 0 Å². The van der Waals surface area contributed by atoms with Gasteiger partial charge in [0.25, 0.3) is 0 Å². The van der Waals surface area contributed by atoms with Crippen LogP contribution in [0.5, 0.6) is 0 Å². The minimum absolute atomic E-state index is 0.231. The number of nitrogens with zero attached hydrogens (tertiary/aromatic N) is 2. The van der Waals surface area contributed by atoms with Crippen LogP contribution in [0.3, 0.4) is 0 Å². The van der Waals surface area contributed by atoms with Gasteiger partial charge in [0.15, 0.2) is 5.82 Å². The molecule has 0 aliphatic heterocycles. The number of rotatable bonds is 2. The van der Waals surface area contributed by atoms with Crippen molar-refractivity contribution in [2.45, 2.75) is 19.3 Å². The molecule has 0 N–H and O–H groups in total. The molecule has 1 aliphatic rings. The smallest absolute Gasteiger partial charge is 0.160 e. The minimum atomic E-state index is -0.231. The zero-order chi connectivity index (χ0) is 22.9. The Labute approximate surface area is 197 Å². The molecule has 1 aliphatic carbocycles. The molecule has 3 heteroatoms. The topological polar surface area (TPSA) is 38.9 Å². The van der Waals surface area contributed by atoms with E-state index in [9.17, 15) is 0 Å². The molecule has 0 saturated heterocycles. The van der Waals surface area contributed by atoms with E-state index in [2.05, 4.69) is 80.6 Å². The van der Waals surface area contributed by atoms with Crippen LogP contribution in [0.2, 0.25) is 0 Å². The quantitative estimate of drug-likeness (QED) is 0.275. The first-order valence-corrected chi connectivity index (χ1v) is 11.6. The fourth-order valence-electron chi connectivity index (χ4n) is 5.46. The highest BCUT2D eigenvalue weighted by Crippen LogP contribution is 2.52. The Balaban J connectivity index is 1.61. The monoisotopic (exact) mass is 438 g/mol. The number of para-hydroxylation sites is 2. The van der Waals surface area contributed by atoms with Crippen molar-refractivity contribution in [1.82, 2.24) is 9.97 Å². The molecule has 0 atom stereocenters. The van der Waals surface area contributed by atoms with Crippen molar-refractivity contribution in [2.24, 2.45) is 0 Å². The average Bonchev–Trinajstić information content (AvgIpc) is 3.37. The number of aromatic nitrogens is 2. The summed E-state index contributed by atoms with van der Waals surface area (Å²) in [7, 11) is 0. The molecule has 162 valence electrons. The highest BCUT2D eigenvalue weighted by atomic mass is 16.3. The van der Waals surface area contributed by atoms with E-state index in [4.69, 9.17) is 14.4 Å². The van der Waals surface area contributed by atoms with Crippen molar-refractivity contribution in [2.75, 3.05) is 0 Å². The Hall–Kier alpha value is -4.24. The molecule has 0 radical (unpaired) electrons. The van der Waals surface area contributed by atoms with Gasteiger partial charge < -0.3 is 4.42 Å². The maximum Gasteiger partial charge on any atom is 0.160 e. The van der Waals surface area contributed by atoms with Gasteiger partial charge >= 0.3 is 0 Å². The maximum atomic E-state index is 6.43. The van der Waals surface area contributed by atoms with Crippen LogP contribution in [0.15, 0.2) is 101 Å². The van der Waals surface area contributed by atoms with Crippen molar-refractivity contribution in [3.63, 3.8) is 0 Å². The lowest BCUT2D eigenvalue weighted by Crippen LogP contribution is -2.17. The zero-order valence-corrected chi connectivity index (χ0v) is 19.0. The summed E-state index contributed by atoms with van der Waals surface area (Å²) >= 11 is 0. The molecule has 0 unspecified atom stereocenters. The number of fused-ring (bicyclic) bond motifs is 6. The van der Waals surface area contributed by atoms with Crippen LogP contribution in [-0.4, -0.2) is 9.97 Å². The second-order valence-corrected chi connectivity index (χ2v) is 9.44. The minimum Gasteiger partial charge on any atom is -0.455 e. The van der Waals surface area contributed by atoms with Gasteiger partial charge in [-0.05, 0) is 17.7 Å². The molecular formula is C31H22N2O. The second kappa shape index (κ2) is 6.88. The molecule has 3 nitrogen and oxygen atoms in total. The van der Waals surface area contributed by atoms with Gasteiger partial charge in [0.1, 0.15) is 11.2 Å². The molecule has 0 spiro atoms. The predicted octanol–water partition coefficient (Wildman–Crippen LogP) is 8.02. The van der Waals surface area contributed by atoms with Gasteiger partial charge in [-0.15, -0.1) is 0 Å². The van der Waals surface area contributed by atoms with Crippen LogP contribution < -0.4 is 0 Å². The van der Waals surface area contributed by atoms with Gasteiger partial charge in [-0.2, -0.15) is 0 Å². The summed E-state index contributed by atoms with van der Waals surface area (Å²) in [6, 6.07) is 33.4. The van der Waals surface area contributed by atoms with Crippen molar-refractivity contribution in [1.29, 1.82) is 0 Å². The van der Waals surface area contributed by atoms with E-state index in [0.717, 1.165) is 55.8 Å². The van der Waals surface area contributed by atoms with E-state index in [1.807, 2.05) is 30.3 Å². The largest absolute Gasteiger partial charge is 0.455 e. The molecule has 6 aromatic rings. The summed E-state index contributed by atoms with van der Waals surface area (Å²) in [4.78, 5) is 10.3. The summed E-state index contributed by atoms with van der Waals surface area (Å²) in [5, 5.41) is 2.23. The summed E-state index contributed by atoms with van der Waals surface area (Å²) in [5.41, 5.74) is 9.11. The van der Waals surface area contributed by atoms with Crippen LogP contribution in [0.1, 0.15) is 25.0 Å². The Bertz CT molecular complexity index is 1730. The lowest BCUT2D eigenvalue weighted by Gasteiger charge is -2.23. The molecular weight excluding hydrogens is 416 g/mol. The fourth-order valence-corrected chi connectivity index (χ4v) is 5.46. The standard InChI is InChI=1S/C31H22N2O/c1-31(2)24-17-8-6-14-22(24)27-26(31)28(33-30(32-27)19-11-4-3-5-12-19)23-16-10-15-21-20-13-7-9-18-25(20)34-29(21)23/h3-18H,1-2H3. The first-order chi connectivity index (χ1) is 16.6. The van der Waals surface area contributed by atoms with Crippen molar-refractivity contribution in [3.8, 4) is 33.9 Å². The van der Waals surface area contributed by atoms with Gasteiger partial charge in [-0.25, -0.2) is 9.97 Å². The predicted molar refractivity (Wildman–Crippen MR) is 138 cm³/mol. The summed E-state index contributed by atoms with van der Waals surface area (Å²) in [6.45, 7) is 4.54. The Morgan fingerprint density at radius 3 is 2.12 bits per heavy atom. The van der Waals surface area contributed by atoms with Crippen LogP contribution in [0.25, 0.3) is 55.8 Å². The van der Waals surface area contributed by atoms with Crippen LogP contribution >= 0.6 is 0 Å². The average molecular weight is 439 g/mol. The van der Waals surface area contributed by atoms with E-state index in [0.29, 0.717) is 0 Å². The lowest BCUT2D eigenvalue weighted by atomic mass is 9.80. The van der Waals surface area contributed by atoms with E-state index in [1.165, 1.54) is 11.1 Å². The first-order valence-electron chi connectivity index (χ1n) is 11.6. The van der Waals surface area contributed by atoms with Crippen molar-refractivity contribution < 1.29 is 4.42 Å². The van der Waals surface area contributed by atoms with Crippen LogP contribution in [-0.2, 0) is 5.41 Å². The van der Waals surface area contributed by atoms with E-state index >= 15 is 0 Å². The van der Waals surface area contributed by atoms with Crippen LogP contribution in [0, 0.1) is 0 Å².